The number of para-hydroxylation sites is 2. The molecule has 1 atom stereocenters. The Labute approximate surface area is 117 Å². The minimum absolute atomic E-state index is 0.0574. The van der Waals surface area contributed by atoms with Crippen LogP contribution in [0, 0.1) is 0 Å². The summed E-state index contributed by atoms with van der Waals surface area (Å²) in [5.41, 5.74) is 3.10. The molecule has 0 aliphatic carbocycles. The minimum atomic E-state index is -0.0574. The average Bonchev–Trinajstić information content (AvgIpc) is 2.90. The van der Waals surface area contributed by atoms with Crippen molar-refractivity contribution in [3.8, 4) is 0 Å². The summed E-state index contributed by atoms with van der Waals surface area (Å²) >= 11 is 0. The topological polar surface area (TPSA) is 60.9 Å². The monoisotopic (exact) mass is 267 g/mol. The normalized spacial score (nSPS) is 12.4. The Bertz CT molecular complexity index is 645. The molecule has 0 radical (unpaired) electrons. The number of nitrogens with one attached hydrogen (secondary N) is 2. The lowest BCUT2D eigenvalue weighted by Gasteiger charge is -2.15. The van der Waals surface area contributed by atoms with Gasteiger partial charge < -0.3 is 15.4 Å². The highest BCUT2D eigenvalue weighted by Crippen LogP contribution is 2.15. The number of imidazole rings is 1. The van der Waals surface area contributed by atoms with Gasteiger partial charge in [0.15, 0.2) is 0 Å². The summed E-state index contributed by atoms with van der Waals surface area (Å²) in [4.78, 5) is 7.68. The quantitative estimate of drug-likeness (QED) is 0.666. The highest BCUT2D eigenvalue weighted by molar-refractivity contribution is 5.77. The second-order valence-electron chi connectivity index (χ2n) is 4.82. The molecule has 1 aromatic heterocycles. The fraction of sp³-hybridized carbons (Fsp3) is 0.188. The van der Waals surface area contributed by atoms with E-state index in [0.29, 0.717) is 5.95 Å². The number of aromatic amines is 1. The van der Waals surface area contributed by atoms with Crippen molar-refractivity contribution in [2.45, 2.75) is 12.5 Å². The van der Waals surface area contributed by atoms with Crippen molar-refractivity contribution in [2.24, 2.45) is 0 Å². The predicted octanol–water partition coefficient (Wildman–Crippen LogP) is 2.58. The van der Waals surface area contributed by atoms with E-state index in [9.17, 15) is 5.11 Å². The molecule has 0 aliphatic heterocycles. The molecule has 102 valence electrons. The van der Waals surface area contributed by atoms with Crippen molar-refractivity contribution in [2.75, 3.05) is 11.9 Å². The van der Waals surface area contributed by atoms with Crippen molar-refractivity contribution in [1.29, 1.82) is 0 Å². The molecule has 20 heavy (non-hydrogen) atoms. The molecule has 3 N–H and O–H groups in total. The second kappa shape index (κ2) is 5.75. The van der Waals surface area contributed by atoms with E-state index in [1.807, 2.05) is 42.5 Å². The van der Waals surface area contributed by atoms with Gasteiger partial charge in [-0.3, -0.25) is 0 Å². The molecule has 3 rings (SSSR count). The van der Waals surface area contributed by atoms with Crippen molar-refractivity contribution >= 4 is 17.0 Å². The van der Waals surface area contributed by atoms with Gasteiger partial charge in [-0.2, -0.15) is 0 Å². The summed E-state index contributed by atoms with van der Waals surface area (Å²) in [5, 5.41) is 12.8. The predicted molar refractivity (Wildman–Crippen MR) is 80.7 cm³/mol. The maximum Gasteiger partial charge on any atom is 0.201 e. The number of nitrogens with zero attached hydrogens (tertiary/aromatic N) is 1. The first-order valence-corrected chi connectivity index (χ1v) is 6.71. The van der Waals surface area contributed by atoms with Gasteiger partial charge >= 0.3 is 0 Å². The van der Waals surface area contributed by atoms with Crippen LogP contribution in [0.25, 0.3) is 11.0 Å². The molecule has 0 fully saturated rings. The van der Waals surface area contributed by atoms with Crippen molar-refractivity contribution in [3.05, 3.63) is 60.2 Å². The van der Waals surface area contributed by atoms with Crippen LogP contribution in [0.15, 0.2) is 54.6 Å². The number of hydrogen-bond acceptors (Lipinski definition) is 3. The molecule has 0 saturated carbocycles. The zero-order valence-electron chi connectivity index (χ0n) is 11.1. The number of anilines is 1. The zero-order valence-corrected chi connectivity index (χ0v) is 11.1. The Hall–Kier alpha value is -2.33. The van der Waals surface area contributed by atoms with E-state index in [2.05, 4.69) is 27.4 Å². The largest absolute Gasteiger partial charge is 0.394 e. The van der Waals surface area contributed by atoms with Gasteiger partial charge in [-0.1, -0.05) is 42.5 Å². The van der Waals surface area contributed by atoms with Crippen LogP contribution >= 0.6 is 0 Å². The number of rotatable bonds is 5. The van der Waals surface area contributed by atoms with E-state index in [4.69, 9.17) is 0 Å². The molecule has 0 spiro atoms. The van der Waals surface area contributed by atoms with E-state index < -0.39 is 0 Å². The van der Waals surface area contributed by atoms with Crippen molar-refractivity contribution in [3.63, 3.8) is 0 Å². The number of benzene rings is 2. The van der Waals surface area contributed by atoms with E-state index in [1.54, 1.807) is 0 Å². The molecule has 0 bridgehead atoms. The van der Waals surface area contributed by atoms with Crippen LogP contribution in [-0.2, 0) is 6.42 Å². The number of aliphatic hydroxyl groups is 1. The van der Waals surface area contributed by atoms with Crippen LogP contribution in [0.5, 0.6) is 0 Å². The fourth-order valence-corrected chi connectivity index (χ4v) is 2.27. The van der Waals surface area contributed by atoms with Gasteiger partial charge in [0.05, 0.1) is 23.7 Å². The molecule has 1 heterocycles. The number of fused-ring (bicyclic) bond motifs is 1. The third-order valence-electron chi connectivity index (χ3n) is 3.28. The first-order chi connectivity index (χ1) is 9.85. The number of hydrogen-bond donors (Lipinski definition) is 3. The Morgan fingerprint density at radius 3 is 2.55 bits per heavy atom. The van der Waals surface area contributed by atoms with Gasteiger partial charge in [-0.05, 0) is 24.1 Å². The first kappa shape index (κ1) is 12.7. The molecular formula is C16H17N3O. The Morgan fingerprint density at radius 1 is 1.05 bits per heavy atom. The Balaban J connectivity index is 1.74. The van der Waals surface area contributed by atoms with Gasteiger partial charge in [0.1, 0.15) is 0 Å². The average molecular weight is 267 g/mol. The summed E-state index contributed by atoms with van der Waals surface area (Å²) in [6.45, 7) is 0.0614. The minimum Gasteiger partial charge on any atom is -0.394 e. The molecule has 4 heteroatoms. The van der Waals surface area contributed by atoms with Crippen LogP contribution in [0.1, 0.15) is 5.56 Å². The van der Waals surface area contributed by atoms with Crippen LogP contribution in [-0.4, -0.2) is 27.7 Å². The molecule has 0 amide bonds. The van der Waals surface area contributed by atoms with Crippen LogP contribution in [0.2, 0.25) is 0 Å². The lowest BCUT2D eigenvalue weighted by atomic mass is 10.1. The molecule has 4 nitrogen and oxygen atoms in total. The van der Waals surface area contributed by atoms with Gasteiger partial charge in [-0.15, -0.1) is 0 Å². The summed E-state index contributed by atoms with van der Waals surface area (Å²) in [6, 6.07) is 17.9. The highest BCUT2D eigenvalue weighted by atomic mass is 16.3. The van der Waals surface area contributed by atoms with Gasteiger partial charge in [-0.25, -0.2) is 4.98 Å². The van der Waals surface area contributed by atoms with Crippen molar-refractivity contribution < 1.29 is 5.11 Å². The maximum atomic E-state index is 9.52. The molecule has 0 saturated heterocycles. The lowest BCUT2D eigenvalue weighted by molar-refractivity contribution is 0.273. The molecule has 3 aromatic rings. The third-order valence-corrected chi connectivity index (χ3v) is 3.28. The Morgan fingerprint density at radius 2 is 1.80 bits per heavy atom. The van der Waals surface area contributed by atoms with Gasteiger partial charge in [0.25, 0.3) is 0 Å². The van der Waals surface area contributed by atoms with Crippen molar-refractivity contribution in [1.82, 2.24) is 9.97 Å². The van der Waals surface area contributed by atoms with Crippen LogP contribution < -0.4 is 5.32 Å². The Kier molecular flexibility index (Phi) is 3.65. The molecule has 1 unspecified atom stereocenters. The second-order valence-corrected chi connectivity index (χ2v) is 4.82. The molecular weight excluding hydrogens is 250 g/mol. The zero-order chi connectivity index (χ0) is 13.8. The van der Waals surface area contributed by atoms with E-state index >= 15 is 0 Å². The van der Waals surface area contributed by atoms with Crippen LogP contribution in [0.3, 0.4) is 0 Å². The van der Waals surface area contributed by atoms with Gasteiger partial charge in [0.2, 0.25) is 5.95 Å². The summed E-state index contributed by atoms with van der Waals surface area (Å²) in [5.74, 6) is 0.696. The summed E-state index contributed by atoms with van der Waals surface area (Å²) in [6.07, 6.45) is 0.758. The fourth-order valence-electron chi connectivity index (χ4n) is 2.27. The SMILES string of the molecule is OCC(Cc1ccccc1)Nc1nc2ccccc2[nH]1. The number of aliphatic hydroxyl groups excluding tert-OH is 1. The lowest BCUT2D eigenvalue weighted by Crippen LogP contribution is -2.26. The number of H-pyrrole nitrogens is 1. The van der Waals surface area contributed by atoms with E-state index in [1.165, 1.54) is 5.56 Å². The standard InChI is InChI=1S/C16H17N3O/c20-11-13(10-12-6-2-1-3-7-12)17-16-18-14-8-4-5-9-15(14)19-16/h1-9,13,20H,10-11H2,(H2,17,18,19). The number of aromatic nitrogens is 2. The smallest absolute Gasteiger partial charge is 0.201 e. The summed E-state index contributed by atoms with van der Waals surface area (Å²) < 4.78 is 0. The molecule has 2 aromatic carbocycles. The third kappa shape index (κ3) is 2.81. The van der Waals surface area contributed by atoms with E-state index in [-0.39, 0.29) is 12.6 Å². The maximum absolute atomic E-state index is 9.52. The van der Waals surface area contributed by atoms with Crippen LogP contribution in [0.4, 0.5) is 5.95 Å². The van der Waals surface area contributed by atoms with Gasteiger partial charge in [0, 0.05) is 0 Å². The first-order valence-electron chi connectivity index (χ1n) is 6.71. The van der Waals surface area contributed by atoms with E-state index in [0.717, 1.165) is 17.5 Å². The highest BCUT2D eigenvalue weighted by Gasteiger charge is 2.10. The molecule has 0 aliphatic rings. The summed E-state index contributed by atoms with van der Waals surface area (Å²) in [7, 11) is 0.